The molecule has 5 heteroatoms. The zero-order valence-electron chi connectivity index (χ0n) is 12.1. The Morgan fingerprint density at radius 1 is 1.50 bits per heavy atom. The Bertz CT molecular complexity index is 474. The van der Waals surface area contributed by atoms with Gasteiger partial charge in [-0.05, 0) is 30.5 Å². The minimum Gasteiger partial charge on any atom is -0.508 e. The maximum Gasteiger partial charge on any atom is 0.224 e. The Hall–Kier alpha value is -1.26. The van der Waals surface area contributed by atoms with Crippen LogP contribution in [0, 0.1) is 5.92 Å². The van der Waals surface area contributed by atoms with Gasteiger partial charge in [0.2, 0.25) is 5.91 Å². The van der Waals surface area contributed by atoms with Gasteiger partial charge in [0.25, 0.3) is 0 Å². The second-order valence-electron chi connectivity index (χ2n) is 5.40. The van der Waals surface area contributed by atoms with E-state index in [0.29, 0.717) is 10.6 Å². The number of hydrogen-bond donors (Lipinski definition) is 3. The molecule has 0 radical (unpaired) electrons. The minimum atomic E-state index is -0.927. The molecule has 0 aliphatic rings. The lowest BCUT2D eigenvalue weighted by Gasteiger charge is -2.29. The van der Waals surface area contributed by atoms with Gasteiger partial charge >= 0.3 is 0 Å². The molecular weight excluding hydrogens is 278 g/mol. The van der Waals surface area contributed by atoms with Crippen molar-refractivity contribution in [3.05, 3.63) is 28.8 Å². The van der Waals surface area contributed by atoms with Crippen LogP contribution in [0.5, 0.6) is 5.75 Å². The minimum absolute atomic E-state index is 0.0684. The Balaban J connectivity index is 2.56. The van der Waals surface area contributed by atoms with Crippen molar-refractivity contribution in [3.8, 4) is 5.75 Å². The maximum absolute atomic E-state index is 11.9. The molecule has 0 heterocycles. The smallest absolute Gasteiger partial charge is 0.224 e. The molecule has 112 valence electrons. The number of phenols is 1. The molecule has 1 rings (SSSR count). The van der Waals surface area contributed by atoms with E-state index in [1.807, 2.05) is 13.8 Å². The van der Waals surface area contributed by atoms with Gasteiger partial charge in [-0.25, -0.2) is 0 Å². The Kier molecular flexibility index (Phi) is 5.84. The lowest BCUT2D eigenvalue weighted by atomic mass is 9.88. The predicted molar refractivity (Wildman–Crippen MR) is 79.9 cm³/mol. The number of aliphatic hydroxyl groups is 1. The fraction of sp³-hybridized carbons (Fsp3) is 0.533. The average Bonchev–Trinajstić information content (AvgIpc) is 2.39. The van der Waals surface area contributed by atoms with E-state index in [1.54, 1.807) is 13.0 Å². The van der Waals surface area contributed by atoms with Crippen LogP contribution in [0.4, 0.5) is 0 Å². The third kappa shape index (κ3) is 4.69. The van der Waals surface area contributed by atoms with Gasteiger partial charge in [0.05, 0.1) is 12.0 Å². The van der Waals surface area contributed by atoms with Crippen molar-refractivity contribution in [2.75, 3.05) is 6.54 Å². The topological polar surface area (TPSA) is 69.6 Å². The summed E-state index contributed by atoms with van der Waals surface area (Å²) >= 11 is 5.95. The van der Waals surface area contributed by atoms with Gasteiger partial charge in [-0.1, -0.05) is 37.9 Å². The highest BCUT2D eigenvalue weighted by Gasteiger charge is 2.27. The van der Waals surface area contributed by atoms with Crippen molar-refractivity contribution in [2.45, 2.75) is 39.2 Å². The van der Waals surface area contributed by atoms with Gasteiger partial charge in [-0.3, -0.25) is 4.79 Å². The molecule has 0 spiro atoms. The number of rotatable bonds is 6. The first-order valence-corrected chi connectivity index (χ1v) is 7.10. The highest BCUT2D eigenvalue weighted by atomic mass is 35.5. The van der Waals surface area contributed by atoms with Crippen LogP contribution in [-0.2, 0) is 11.2 Å². The standard InChI is InChI=1S/C15H22ClNO3/c1-4-10(2)15(3,20)9-17-14(19)7-11-5-6-12(18)8-13(11)16/h5-6,8,10,18,20H,4,7,9H2,1-3H3,(H,17,19). The van der Waals surface area contributed by atoms with Crippen LogP contribution in [0.15, 0.2) is 18.2 Å². The Morgan fingerprint density at radius 2 is 2.15 bits per heavy atom. The predicted octanol–water partition coefficient (Wildman–Crippen LogP) is 2.50. The third-order valence-electron chi connectivity index (χ3n) is 3.71. The summed E-state index contributed by atoms with van der Waals surface area (Å²) in [6.07, 6.45) is 0.961. The van der Waals surface area contributed by atoms with Crippen molar-refractivity contribution < 1.29 is 15.0 Å². The summed E-state index contributed by atoms with van der Waals surface area (Å²) in [5.41, 5.74) is -0.284. The Morgan fingerprint density at radius 3 is 2.70 bits per heavy atom. The lowest BCUT2D eigenvalue weighted by Crippen LogP contribution is -2.45. The van der Waals surface area contributed by atoms with Crippen molar-refractivity contribution in [2.24, 2.45) is 5.92 Å². The summed E-state index contributed by atoms with van der Waals surface area (Å²) in [6, 6.07) is 4.51. The molecule has 3 N–H and O–H groups in total. The highest BCUT2D eigenvalue weighted by molar-refractivity contribution is 6.31. The van der Waals surface area contributed by atoms with Gasteiger partial charge < -0.3 is 15.5 Å². The molecule has 2 atom stereocenters. The van der Waals surface area contributed by atoms with Gasteiger partial charge in [0.15, 0.2) is 0 Å². The first kappa shape index (κ1) is 16.8. The number of carbonyl (C=O) groups excluding carboxylic acids is 1. The van der Waals surface area contributed by atoms with E-state index in [1.165, 1.54) is 12.1 Å². The number of hydrogen-bond acceptors (Lipinski definition) is 3. The third-order valence-corrected chi connectivity index (χ3v) is 4.06. The fourth-order valence-corrected chi connectivity index (χ4v) is 2.05. The van der Waals surface area contributed by atoms with E-state index < -0.39 is 5.60 Å². The molecule has 1 amide bonds. The van der Waals surface area contributed by atoms with Crippen molar-refractivity contribution >= 4 is 17.5 Å². The van der Waals surface area contributed by atoms with Crippen molar-refractivity contribution in [3.63, 3.8) is 0 Å². The zero-order chi connectivity index (χ0) is 15.3. The van der Waals surface area contributed by atoms with E-state index in [2.05, 4.69) is 5.32 Å². The molecule has 0 fully saturated rings. The van der Waals surface area contributed by atoms with E-state index in [0.717, 1.165) is 6.42 Å². The molecule has 0 aliphatic carbocycles. The molecule has 0 saturated carbocycles. The second-order valence-corrected chi connectivity index (χ2v) is 5.80. The molecule has 2 unspecified atom stereocenters. The first-order chi connectivity index (χ1) is 9.26. The van der Waals surface area contributed by atoms with Crippen LogP contribution in [0.25, 0.3) is 0 Å². The molecule has 1 aromatic rings. The fourth-order valence-electron chi connectivity index (χ4n) is 1.81. The Labute approximate surface area is 124 Å². The van der Waals surface area contributed by atoms with Gasteiger partial charge in [0, 0.05) is 11.6 Å². The van der Waals surface area contributed by atoms with Gasteiger partial charge in [-0.2, -0.15) is 0 Å². The number of halogens is 1. The highest BCUT2D eigenvalue weighted by Crippen LogP contribution is 2.22. The summed E-state index contributed by atoms with van der Waals surface area (Å²) in [6.45, 7) is 5.87. The number of nitrogens with one attached hydrogen (secondary N) is 1. The number of benzene rings is 1. The molecule has 0 aromatic heterocycles. The molecule has 20 heavy (non-hydrogen) atoms. The maximum atomic E-state index is 11.9. The molecular formula is C15H22ClNO3. The van der Waals surface area contributed by atoms with E-state index in [9.17, 15) is 15.0 Å². The zero-order valence-corrected chi connectivity index (χ0v) is 12.9. The summed E-state index contributed by atoms with van der Waals surface area (Å²) < 4.78 is 0. The summed E-state index contributed by atoms with van der Waals surface area (Å²) in [5, 5.41) is 22.5. The van der Waals surface area contributed by atoms with Crippen molar-refractivity contribution in [1.82, 2.24) is 5.32 Å². The normalized spacial score (nSPS) is 15.4. The van der Waals surface area contributed by atoms with E-state index >= 15 is 0 Å². The largest absolute Gasteiger partial charge is 0.508 e. The van der Waals surface area contributed by atoms with E-state index in [-0.39, 0.29) is 30.5 Å². The van der Waals surface area contributed by atoms with Crippen LogP contribution in [0.1, 0.15) is 32.8 Å². The van der Waals surface area contributed by atoms with Crippen LogP contribution in [0.3, 0.4) is 0 Å². The van der Waals surface area contributed by atoms with E-state index in [4.69, 9.17) is 11.6 Å². The van der Waals surface area contributed by atoms with Crippen LogP contribution < -0.4 is 5.32 Å². The first-order valence-electron chi connectivity index (χ1n) is 6.72. The monoisotopic (exact) mass is 299 g/mol. The van der Waals surface area contributed by atoms with Crippen LogP contribution in [-0.4, -0.2) is 28.3 Å². The van der Waals surface area contributed by atoms with Crippen LogP contribution in [0.2, 0.25) is 5.02 Å². The van der Waals surface area contributed by atoms with Gasteiger partial charge in [0.1, 0.15) is 5.75 Å². The summed E-state index contributed by atoms with van der Waals surface area (Å²) in [5.74, 6) is -0.0416. The van der Waals surface area contributed by atoms with Crippen LogP contribution >= 0.6 is 11.6 Å². The molecule has 0 saturated heterocycles. The molecule has 0 bridgehead atoms. The molecule has 0 aliphatic heterocycles. The van der Waals surface area contributed by atoms with Crippen molar-refractivity contribution in [1.29, 1.82) is 0 Å². The number of aromatic hydroxyl groups is 1. The summed E-state index contributed by atoms with van der Waals surface area (Å²) in [4.78, 5) is 11.9. The quantitative estimate of drug-likeness (QED) is 0.756. The second kappa shape index (κ2) is 6.95. The number of amides is 1. The summed E-state index contributed by atoms with van der Waals surface area (Å²) in [7, 11) is 0. The SMILES string of the molecule is CCC(C)C(C)(O)CNC(=O)Cc1ccc(O)cc1Cl. The molecule has 4 nitrogen and oxygen atoms in total. The lowest BCUT2D eigenvalue weighted by molar-refractivity contribution is -0.122. The molecule has 1 aromatic carbocycles. The number of carbonyl (C=O) groups is 1. The average molecular weight is 300 g/mol. The number of phenolic OH excluding ortho intramolecular Hbond substituents is 1. The van der Waals surface area contributed by atoms with Gasteiger partial charge in [-0.15, -0.1) is 0 Å².